The van der Waals surface area contributed by atoms with E-state index in [-0.39, 0.29) is 11.5 Å². The van der Waals surface area contributed by atoms with Crippen LogP contribution in [0.1, 0.15) is 13.3 Å². The summed E-state index contributed by atoms with van der Waals surface area (Å²) in [6.45, 7) is 2.26. The quantitative estimate of drug-likeness (QED) is 0.835. The van der Waals surface area contributed by atoms with Crippen molar-refractivity contribution in [3.8, 4) is 0 Å². The number of imidazole rings is 1. The zero-order valence-corrected chi connectivity index (χ0v) is 9.91. The van der Waals surface area contributed by atoms with Crippen molar-refractivity contribution in [2.24, 2.45) is 0 Å². The molecule has 5 heteroatoms. The number of aromatic nitrogens is 2. The van der Waals surface area contributed by atoms with Gasteiger partial charge in [0.15, 0.2) is 0 Å². The molecule has 0 saturated carbocycles. The van der Waals surface area contributed by atoms with Gasteiger partial charge >= 0.3 is 5.69 Å². The second-order valence-corrected chi connectivity index (χ2v) is 4.18. The summed E-state index contributed by atoms with van der Waals surface area (Å²) in [7, 11) is 1.93. The van der Waals surface area contributed by atoms with Gasteiger partial charge in [0.1, 0.15) is 5.78 Å². The summed E-state index contributed by atoms with van der Waals surface area (Å²) in [6.07, 6.45) is 0.526. The summed E-state index contributed by atoms with van der Waals surface area (Å²) in [5, 5.41) is 0. The van der Waals surface area contributed by atoms with Crippen LogP contribution in [0.3, 0.4) is 0 Å². The first-order chi connectivity index (χ1) is 8.06. The highest BCUT2D eigenvalue weighted by molar-refractivity contribution is 5.79. The highest BCUT2D eigenvalue weighted by Gasteiger charge is 2.05. The fraction of sp³-hybridized carbons (Fsp3) is 0.333. The fourth-order valence-corrected chi connectivity index (χ4v) is 1.71. The summed E-state index contributed by atoms with van der Waals surface area (Å²) < 4.78 is 0. The van der Waals surface area contributed by atoms with Crippen molar-refractivity contribution in [2.75, 3.05) is 18.5 Å². The number of Topliss-reactive ketones (excluding diaryl/α,β-unsaturated/α-hetero) is 1. The van der Waals surface area contributed by atoms with Crippen LogP contribution >= 0.6 is 0 Å². The maximum Gasteiger partial charge on any atom is 0.323 e. The lowest BCUT2D eigenvalue weighted by molar-refractivity contribution is -0.116. The maximum atomic E-state index is 11.1. The van der Waals surface area contributed by atoms with E-state index in [2.05, 4.69) is 9.97 Å². The number of hydrogen-bond acceptors (Lipinski definition) is 3. The molecule has 90 valence electrons. The minimum absolute atomic E-state index is 0.174. The molecule has 0 aliphatic heterocycles. The third-order valence-electron chi connectivity index (χ3n) is 2.74. The van der Waals surface area contributed by atoms with Crippen LogP contribution in [0.4, 0.5) is 5.69 Å². The number of anilines is 1. The van der Waals surface area contributed by atoms with Crippen molar-refractivity contribution in [1.29, 1.82) is 0 Å². The first-order valence-corrected chi connectivity index (χ1v) is 5.49. The molecule has 0 unspecified atom stereocenters. The third kappa shape index (κ3) is 2.55. The number of fused-ring (bicyclic) bond motifs is 1. The monoisotopic (exact) mass is 233 g/mol. The largest absolute Gasteiger partial charge is 0.374 e. The molecule has 2 rings (SSSR count). The van der Waals surface area contributed by atoms with Gasteiger partial charge in [-0.25, -0.2) is 4.79 Å². The van der Waals surface area contributed by atoms with E-state index < -0.39 is 0 Å². The van der Waals surface area contributed by atoms with E-state index in [4.69, 9.17) is 0 Å². The van der Waals surface area contributed by atoms with Crippen molar-refractivity contribution >= 4 is 22.5 Å². The summed E-state index contributed by atoms with van der Waals surface area (Å²) in [6, 6.07) is 5.67. The van der Waals surface area contributed by atoms with Gasteiger partial charge in [-0.15, -0.1) is 0 Å². The van der Waals surface area contributed by atoms with Gasteiger partial charge in [0.2, 0.25) is 0 Å². The Kier molecular flexibility index (Phi) is 2.99. The molecule has 5 nitrogen and oxygen atoms in total. The van der Waals surface area contributed by atoms with Crippen LogP contribution in [0.25, 0.3) is 11.0 Å². The molecule has 2 aromatic rings. The summed E-state index contributed by atoms with van der Waals surface area (Å²) in [4.78, 5) is 29.4. The number of carbonyl (C=O) groups is 1. The van der Waals surface area contributed by atoms with E-state index in [1.165, 1.54) is 0 Å². The van der Waals surface area contributed by atoms with E-state index in [1.54, 1.807) is 6.92 Å². The Balaban J connectivity index is 2.23. The van der Waals surface area contributed by atoms with Gasteiger partial charge < -0.3 is 14.9 Å². The van der Waals surface area contributed by atoms with Gasteiger partial charge in [-0.2, -0.15) is 0 Å². The second kappa shape index (κ2) is 4.45. The second-order valence-electron chi connectivity index (χ2n) is 4.18. The Labute approximate surface area is 98.4 Å². The fourth-order valence-electron chi connectivity index (χ4n) is 1.71. The number of carbonyl (C=O) groups excluding carboxylic acids is 1. The van der Waals surface area contributed by atoms with E-state index in [1.807, 2.05) is 30.1 Å². The molecule has 0 aliphatic rings. The molecule has 2 N–H and O–H groups in total. The van der Waals surface area contributed by atoms with Crippen molar-refractivity contribution in [3.05, 3.63) is 28.7 Å². The average molecular weight is 233 g/mol. The number of nitrogens with zero attached hydrogens (tertiary/aromatic N) is 1. The Morgan fingerprint density at radius 3 is 2.71 bits per heavy atom. The van der Waals surface area contributed by atoms with Gasteiger partial charge in [0, 0.05) is 25.7 Å². The van der Waals surface area contributed by atoms with Crippen LogP contribution < -0.4 is 10.6 Å². The number of benzene rings is 1. The van der Waals surface area contributed by atoms with Crippen LogP contribution in [0.2, 0.25) is 0 Å². The Hall–Kier alpha value is -2.04. The summed E-state index contributed by atoms with van der Waals surface area (Å²) in [5.41, 5.74) is 2.35. The van der Waals surface area contributed by atoms with Gasteiger partial charge in [-0.05, 0) is 25.1 Å². The van der Waals surface area contributed by atoms with Gasteiger partial charge in [-0.1, -0.05) is 0 Å². The molecule has 1 aromatic carbocycles. The Morgan fingerprint density at radius 2 is 2.00 bits per heavy atom. The van der Waals surface area contributed by atoms with E-state index in [0.717, 1.165) is 16.7 Å². The zero-order chi connectivity index (χ0) is 12.4. The van der Waals surface area contributed by atoms with Crippen LogP contribution in [0, 0.1) is 0 Å². The molecular weight excluding hydrogens is 218 g/mol. The number of H-pyrrole nitrogens is 2. The van der Waals surface area contributed by atoms with Crippen LogP contribution in [0.5, 0.6) is 0 Å². The first-order valence-electron chi connectivity index (χ1n) is 5.49. The van der Waals surface area contributed by atoms with Crippen LogP contribution in [-0.4, -0.2) is 29.3 Å². The minimum Gasteiger partial charge on any atom is -0.374 e. The third-order valence-corrected chi connectivity index (χ3v) is 2.74. The average Bonchev–Trinajstić information content (AvgIpc) is 2.64. The Morgan fingerprint density at radius 1 is 1.29 bits per heavy atom. The lowest BCUT2D eigenvalue weighted by Crippen LogP contribution is -2.20. The van der Waals surface area contributed by atoms with E-state index >= 15 is 0 Å². The lowest BCUT2D eigenvalue weighted by atomic mass is 10.2. The van der Waals surface area contributed by atoms with Crippen molar-refractivity contribution in [1.82, 2.24) is 9.97 Å². The zero-order valence-electron chi connectivity index (χ0n) is 9.91. The number of nitrogens with one attached hydrogen (secondary N) is 2. The van der Waals surface area contributed by atoms with Crippen LogP contribution in [0.15, 0.2) is 23.0 Å². The molecule has 0 bridgehead atoms. The molecule has 0 aliphatic carbocycles. The normalized spacial score (nSPS) is 10.7. The molecule has 0 radical (unpaired) electrons. The predicted molar refractivity (Wildman–Crippen MR) is 67.5 cm³/mol. The number of hydrogen-bond donors (Lipinski definition) is 2. The smallest absolute Gasteiger partial charge is 0.323 e. The molecule has 0 fully saturated rings. The highest BCUT2D eigenvalue weighted by atomic mass is 16.1. The highest BCUT2D eigenvalue weighted by Crippen LogP contribution is 2.17. The first kappa shape index (κ1) is 11.4. The number of aromatic amines is 2. The summed E-state index contributed by atoms with van der Waals surface area (Å²) in [5.74, 6) is 0.174. The van der Waals surface area contributed by atoms with Crippen molar-refractivity contribution < 1.29 is 4.79 Å². The molecule has 0 spiro atoms. The summed E-state index contributed by atoms with van der Waals surface area (Å²) >= 11 is 0. The molecule has 0 amide bonds. The Bertz CT molecular complexity index is 597. The lowest BCUT2D eigenvalue weighted by Gasteiger charge is -2.18. The molecule has 0 saturated heterocycles. The van der Waals surface area contributed by atoms with Crippen LogP contribution in [-0.2, 0) is 4.79 Å². The van der Waals surface area contributed by atoms with Gasteiger partial charge in [0.25, 0.3) is 0 Å². The topological polar surface area (TPSA) is 69.0 Å². The van der Waals surface area contributed by atoms with Crippen molar-refractivity contribution in [3.63, 3.8) is 0 Å². The standard InChI is InChI=1S/C12H15N3O2/c1-8(16)5-6-15(2)9-3-4-10-11(7-9)14-12(17)13-10/h3-4,7H,5-6H2,1-2H3,(H2,13,14,17). The number of rotatable bonds is 4. The predicted octanol–water partition coefficient (Wildman–Crippen LogP) is 1.27. The molecule has 0 atom stereocenters. The van der Waals surface area contributed by atoms with E-state index in [9.17, 15) is 9.59 Å². The maximum absolute atomic E-state index is 11.1. The van der Waals surface area contributed by atoms with Gasteiger partial charge in [0.05, 0.1) is 11.0 Å². The number of ketones is 1. The molecule has 1 heterocycles. The molecule has 1 aromatic heterocycles. The van der Waals surface area contributed by atoms with E-state index in [0.29, 0.717) is 13.0 Å². The van der Waals surface area contributed by atoms with Crippen molar-refractivity contribution in [2.45, 2.75) is 13.3 Å². The molecular formula is C12H15N3O2. The SMILES string of the molecule is CC(=O)CCN(C)c1ccc2[nH]c(=O)[nH]c2c1. The van der Waals surface area contributed by atoms with Gasteiger partial charge in [-0.3, -0.25) is 4.79 Å². The molecule has 17 heavy (non-hydrogen) atoms. The minimum atomic E-state index is -0.205.